The van der Waals surface area contributed by atoms with Gasteiger partial charge in [0.1, 0.15) is 23.9 Å². The number of aromatic nitrogens is 3. The summed E-state index contributed by atoms with van der Waals surface area (Å²) in [4.78, 5) is 48.2. The number of carbonyl (C=O) groups excluding carboxylic acids is 2. The fourth-order valence-corrected chi connectivity index (χ4v) is 10.1. The number of phenols is 1. The lowest BCUT2D eigenvalue weighted by atomic mass is 9.49. The average Bonchev–Trinajstić information content (AvgIpc) is 3.74. The minimum absolute atomic E-state index is 0.0379. The fraction of sp³-hybridized carbons (Fsp3) is 0.500. The summed E-state index contributed by atoms with van der Waals surface area (Å²) in [5, 5.41) is 43.3. The van der Waals surface area contributed by atoms with Crippen LogP contribution >= 0.6 is 0 Å². The summed E-state index contributed by atoms with van der Waals surface area (Å²) >= 11 is 0. The quantitative estimate of drug-likeness (QED) is 0.0617. The fourth-order valence-electron chi connectivity index (χ4n) is 10.1. The smallest absolute Gasteiger partial charge is 0.405 e. The molecule has 2 heterocycles. The first-order valence-corrected chi connectivity index (χ1v) is 19.2. The number of aromatic hydroxyl groups is 1. The van der Waals surface area contributed by atoms with Crippen molar-refractivity contribution >= 4 is 34.8 Å². The van der Waals surface area contributed by atoms with Crippen molar-refractivity contribution in [1.82, 2.24) is 36.4 Å². The number of amides is 3. The lowest BCUT2D eigenvalue weighted by molar-refractivity contribution is -0.130. The Morgan fingerprint density at radius 1 is 0.982 bits per heavy atom. The Bertz CT molecular complexity index is 2020. The number of carbonyl (C=O) groups is 3. The van der Waals surface area contributed by atoms with Crippen molar-refractivity contribution in [3.05, 3.63) is 76.6 Å². The first kappa shape index (κ1) is 37.7. The second kappa shape index (κ2) is 15.6. The molecule has 8 rings (SSSR count). The summed E-state index contributed by atoms with van der Waals surface area (Å²) < 4.78 is 5.97. The monoisotopic (exact) mass is 753 g/mol. The molecular formula is C40H51N9O6. The van der Waals surface area contributed by atoms with Crippen LogP contribution in [0.3, 0.4) is 0 Å². The van der Waals surface area contributed by atoms with Gasteiger partial charge in [0, 0.05) is 42.9 Å². The number of rotatable bonds is 15. The van der Waals surface area contributed by atoms with Crippen LogP contribution in [0.15, 0.2) is 47.1 Å². The van der Waals surface area contributed by atoms with Crippen LogP contribution in [0, 0.1) is 42.4 Å². The summed E-state index contributed by atoms with van der Waals surface area (Å²) in [6.45, 7) is 3.66. The maximum atomic E-state index is 14.5. The van der Waals surface area contributed by atoms with Crippen LogP contribution in [0.4, 0.5) is 4.79 Å². The molecule has 0 spiro atoms. The van der Waals surface area contributed by atoms with Crippen LogP contribution in [0.1, 0.15) is 85.0 Å². The van der Waals surface area contributed by atoms with Crippen molar-refractivity contribution in [3.8, 4) is 5.75 Å². The zero-order chi connectivity index (χ0) is 38.9. The van der Waals surface area contributed by atoms with Crippen LogP contribution in [0.5, 0.6) is 5.75 Å². The molecule has 0 aliphatic heterocycles. The van der Waals surface area contributed by atoms with E-state index in [1.165, 1.54) is 38.5 Å². The number of benzene rings is 2. The standard InChI is InChI=1S/C40H51N9O6/c1-21-9-27(50)10-22(2)29(21)15-32(45-35(51)31(47-39(53)54)7-8-43-38(41)42)36(52)46-33(14-26-20-44-30-6-4-3-5-28(26)30)37-48-34(49-55-37)19-40-16-23-11-24(17-40)13-25(12-23)18-40/h3-6,9-10,20,23-25,31-33,44,47,50H,7-8,11-19H2,1-2H3,(H,45,51)(H,46,52)(H,53,54)(H4,41,42,43)/t23?,24?,25?,31-,32+,33+,40?/m1/s1. The minimum Gasteiger partial charge on any atom is -0.508 e. The van der Waals surface area contributed by atoms with Gasteiger partial charge in [-0.05, 0) is 122 Å². The molecule has 3 amide bonds. The number of hydrogen-bond acceptors (Lipinski definition) is 8. The van der Waals surface area contributed by atoms with Crippen molar-refractivity contribution in [3.63, 3.8) is 0 Å². The van der Waals surface area contributed by atoms with Crippen molar-refractivity contribution in [2.75, 3.05) is 6.54 Å². The first-order valence-electron chi connectivity index (χ1n) is 19.2. The van der Waals surface area contributed by atoms with Gasteiger partial charge in [0.25, 0.3) is 0 Å². The van der Waals surface area contributed by atoms with Crippen LogP contribution in [0.2, 0.25) is 0 Å². The number of aromatic amines is 1. The normalized spacial score (nSPS) is 22.8. The molecule has 55 heavy (non-hydrogen) atoms. The number of phenolic OH excluding ortho intramolecular Hbond substituents is 1. The zero-order valence-corrected chi connectivity index (χ0v) is 31.3. The molecule has 292 valence electrons. The summed E-state index contributed by atoms with van der Waals surface area (Å²) in [6.07, 6.45) is 9.10. The van der Waals surface area contributed by atoms with E-state index in [-0.39, 0.29) is 42.4 Å². The second-order valence-electron chi connectivity index (χ2n) is 16.2. The van der Waals surface area contributed by atoms with Crippen LogP contribution in [-0.4, -0.2) is 67.8 Å². The number of para-hydroxylation sites is 1. The number of H-pyrrole nitrogens is 1. The van der Waals surface area contributed by atoms with Gasteiger partial charge in [0.05, 0.1) is 0 Å². The Morgan fingerprint density at radius 2 is 1.64 bits per heavy atom. The Morgan fingerprint density at radius 3 is 2.29 bits per heavy atom. The molecule has 15 heteroatoms. The summed E-state index contributed by atoms with van der Waals surface area (Å²) in [5.41, 5.74) is 9.62. The maximum Gasteiger partial charge on any atom is 0.405 e. The van der Waals surface area contributed by atoms with Gasteiger partial charge in [-0.3, -0.25) is 15.0 Å². The number of nitrogens with two attached hydrogens (primary N) is 1. The topological polar surface area (TPSA) is 244 Å². The molecule has 0 unspecified atom stereocenters. The number of hydrogen-bond donors (Lipinski definition) is 9. The summed E-state index contributed by atoms with van der Waals surface area (Å²) in [7, 11) is 0. The van der Waals surface area contributed by atoms with E-state index in [1.807, 2.05) is 44.3 Å². The lowest BCUT2D eigenvalue weighted by Gasteiger charge is -2.56. The van der Waals surface area contributed by atoms with E-state index >= 15 is 0 Å². The van der Waals surface area contributed by atoms with Gasteiger partial charge >= 0.3 is 6.09 Å². The molecule has 15 nitrogen and oxygen atoms in total. The third kappa shape index (κ3) is 8.71. The predicted octanol–water partition coefficient (Wildman–Crippen LogP) is 4.27. The summed E-state index contributed by atoms with van der Waals surface area (Å²) in [5.74, 6) is 1.70. The molecule has 4 aromatic rings. The highest BCUT2D eigenvalue weighted by molar-refractivity contribution is 5.91. The molecule has 4 aliphatic rings. The van der Waals surface area contributed by atoms with Gasteiger partial charge in [-0.15, -0.1) is 0 Å². The highest BCUT2D eigenvalue weighted by Crippen LogP contribution is 2.60. The molecule has 0 radical (unpaired) electrons. The largest absolute Gasteiger partial charge is 0.508 e. The molecule has 4 fully saturated rings. The van der Waals surface area contributed by atoms with Gasteiger partial charge in [0.2, 0.25) is 17.7 Å². The van der Waals surface area contributed by atoms with Gasteiger partial charge < -0.3 is 46.7 Å². The van der Waals surface area contributed by atoms with E-state index in [9.17, 15) is 24.6 Å². The second-order valence-corrected chi connectivity index (χ2v) is 16.2. The number of aryl methyl sites for hydroxylation is 2. The zero-order valence-electron chi connectivity index (χ0n) is 31.3. The van der Waals surface area contributed by atoms with E-state index in [0.29, 0.717) is 12.2 Å². The Balaban J connectivity index is 1.17. The van der Waals surface area contributed by atoms with Gasteiger partial charge in [-0.25, -0.2) is 4.79 Å². The van der Waals surface area contributed by atoms with Crippen molar-refractivity contribution in [2.45, 2.75) is 96.2 Å². The molecule has 4 saturated carbocycles. The van der Waals surface area contributed by atoms with Crippen LogP contribution in [-0.2, 0) is 28.9 Å². The maximum absolute atomic E-state index is 14.5. The number of guanidine groups is 1. The lowest BCUT2D eigenvalue weighted by Crippen LogP contribution is -2.55. The molecule has 4 aliphatic carbocycles. The molecule has 2 aromatic heterocycles. The molecule has 4 bridgehead atoms. The van der Waals surface area contributed by atoms with Crippen molar-refractivity contribution in [2.24, 2.45) is 28.9 Å². The van der Waals surface area contributed by atoms with E-state index in [0.717, 1.165) is 57.3 Å². The van der Waals surface area contributed by atoms with Crippen molar-refractivity contribution < 1.29 is 29.1 Å². The van der Waals surface area contributed by atoms with Crippen molar-refractivity contribution in [1.29, 1.82) is 5.41 Å². The Kier molecular flexibility index (Phi) is 10.7. The van der Waals surface area contributed by atoms with Gasteiger partial charge in [0.15, 0.2) is 11.8 Å². The molecule has 10 N–H and O–H groups in total. The molecule has 2 aromatic carbocycles. The van der Waals surface area contributed by atoms with E-state index in [4.69, 9.17) is 20.7 Å². The van der Waals surface area contributed by atoms with Gasteiger partial charge in [-0.2, -0.15) is 4.98 Å². The molecular weight excluding hydrogens is 702 g/mol. The number of nitrogens with zero attached hydrogens (tertiary/aromatic N) is 2. The van der Waals surface area contributed by atoms with Crippen LogP contribution < -0.4 is 27.0 Å². The minimum atomic E-state index is -1.42. The van der Waals surface area contributed by atoms with E-state index in [1.54, 1.807) is 12.1 Å². The van der Waals surface area contributed by atoms with E-state index < -0.39 is 36.0 Å². The molecule has 0 saturated heterocycles. The number of carboxylic acid groups (broad SMARTS) is 1. The first-order chi connectivity index (χ1) is 26.3. The van der Waals surface area contributed by atoms with E-state index in [2.05, 4.69) is 31.4 Å². The number of fused-ring (bicyclic) bond motifs is 1. The highest BCUT2D eigenvalue weighted by atomic mass is 16.5. The highest BCUT2D eigenvalue weighted by Gasteiger charge is 2.51. The third-order valence-corrected chi connectivity index (χ3v) is 12.0. The van der Waals surface area contributed by atoms with Crippen LogP contribution in [0.25, 0.3) is 10.9 Å². The SMILES string of the molecule is Cc1cc(O)cc(C)c1C[C@H](NC(=O)[C@@H](CCNC(=N)N)NC(=O)O)C(=O)N[C@@H](Cc1c[nH]c2ccccc12)c1nc(CC23CC4CC(CC(C4)C2)C3)no1. The number of nitrogens with one attached hydrogen (secondary N) is 6. The molecule has 3 atom stereocenters. The Labute approximate surface area is 319 Å². The third-order valence-electron chi connectivity index (χ3n) is 12.0. The predicted molar refractivity (Wildman–Crippen MR) is 204 cm³/mol. The average molecular weight is 754 g/mol. The Hall–Kier alpha value is -5.60. The van der Waals surface area contributed by atoms with Gasteiger partial charge in [-0.1, -0.05) is 23.4 Å². The summed E-state index contributed by atoms with van der Waals surface area (Å²) in [6, 6.07) is 7.85.